The minimum atomic E-state index is -5.56. The second-order valence-electron chi connectivity index (χ2n) is 6.75. The summed E-state index contributed by atoms with van der Waals surface area (Å²) in [6, 6.07) is 9.09. The number of alkyl halides is 6. The van der Waals surface area contributed by atoms with E-state index in [1.165, 1.54) is 45.6 Å². The Morgan fingerprint density at radius 1 is 0.516 bits per heavy atom. The molecule has 4 aromatic rings. The third-order valence-electron chi connectivity index (χ3n) is 5.03. The zero-order valence-corrected chi connectivity index (χ0v) is 18.4. The Hall–Kier alpha value is -1.88. The van der Waals surface area contributed by atoms with Gasteiger partial charge in [-0.25, -0.2) is 0 Å². The Balaban J connectivity index is 1.85. The van der Waals surface area contributed by atoms with Crippen LogP contribution in [0.15, 0.2) is 57.9 Å². The van der Waals surface area contributed by atoms with Gasteiger partial charge in [0.1, 0.15) is 0 Å². The van der Waals surface area contributed by atoms with Crippen LogP contribution in [0.5, 0.6) is 0 Å². The molecular formula is C21H10F6S4. The van der Waals surface area contributed by atoms with E-state index < -0.39 is 28.9 Å². The second kappa shape index (κ2) is 7.06. The van der Waals surface area contributed by atoms with Crippen LogP contribution in [0.2, 0.25) is 0 Å². The second-order valence-corrected chi connectivity index (χ2v) is 10.5. The first-order chi connectivity index (χ1) is 14.7. The van der Waals surface area contributed by atoms with Gasteiger partial charge in [0.2, 0.25) is 0 Å². The molecule has 0 atom stereocenters. The SMILES string of the molecule is FC1(F)C(c2ccsc2-c2cccs2)=C(c2ccsc2-c2cccs2)C(F)(F)C1(F)F. The molecule has 1 aliphatic carbocycles. The first-order valence-electron chi connectivity index (χ1n) is 8.80. The molecule has 0 fully saturated rings. The van der Waals surface area contributed by atoms with E-state index in [0.717, 1.165) is 22.7 Å². The number of thiophene rings is 4. The van der Waals surface area contributed by atoms with Crippen molar-refractivity contribution in [3.8, 4) is 19.5 Å². The highest BCUT2D eigenvalue weighted by atomic mass is 32.1. The van der Waals surface area contributed by atoms with Crippen molar-refractivity contribution in [1.82, 2.24) is 0 Å². The van der Waals surface area contributed by atoms with Crippen molar-refractivity contribution in [2.75, 3.05) is 0 Å². The van der Waals surface area contributed by atoms with Crippen molar-refractivity contribution < 1.29 is 26.3 Å². The lowest BCUT2D eigenvalue weighted by Crippen LogP contribution is -2.48. The average molecular weight is 505 g/mol. The summed E-state index contributed by atoms with van der Waals surface area (Å²) < 4.78 is 89.6. The molecule has 0 aliphatic heterocycles. The number of halogens is 6. The summed E-state index contributed by atoms with van der Waals surface area (Å²) >= 11 is 4.56. The smallest absolute Gasteiger partial charge is 0.194 e. The van der Waals surface area contributed by atoms with Gasteiger partial charge in [0.05, 0.1) is 9.75 Å². The zero-order valence-electron chi connectivity index (χ0n) is 15.2. The van der Waals surface area contributed by atoms with Gasteiger partial charge < -0.3 is 0 Å². The van der Waals surface area contributed by atoms with Crippen molar-refractivity contribution in [2.24, 2.45) is 0 Å². The standard InChI is InChI=1S/C21H10F6S4/c22-19(23)15(11-5-9-30-17(11)13-3-1-7-28-13)16(20(24,25)21(19,26)27)12-6-10-31-18(12)14-4-2-8-29-14/h1-10H. The van der Waals surface area contributed by atoms with Crippen LogP contribution >= 0.6 is 45.3 Å². The Bertz CT molecular complexity index is 1160. The maximum Gasteiger partial charge on any atom is 0.380 e. The largest absolute Gasteiger partial charge is 0.380 e. The summed E-state index contributed by atoms with van der Waals surface area (Å²) in [4.78, 5) is 1.64. The predicted octanol–water partition coefficient (Wildman–Crippen LogP) is 9.10. The number of hydrogen-bond acceptors (Lipinski definition) is 4. The van der Waals surface area contributed by atoms with Gasteiger partial charge in [-0.1, -0.05) is 12.1 Å². The first kappa shape index (κ1) is 21.0. The number of hydrogen-bond donors (Lipinski definition) is 0. The van der Waals surface area contributed by atoms with Crippen LogP contribution in [-0.2, 0) is 0 Å². The summed E-state index contributed by atoms with van der Waals surface area (Å²) in [6.45, 7) is 0. The predicted molar refractivity (Wildman–Crippen MR) is 117 cm³/mol. The normalized spacial score (nSPS) is 19.3. The van der Waals surface area contributed by atoms with Gasteiger partial charge >= 0.3 is 17.8 Å². The molecule has 0 radical (unpaired) electrons. The van der Waals surface area contributed by atoms with E-state index in [4.69, 9.17) is 0 Å². The highest BCUT2D eigenvalue weighted by Crippen LogP contribution is 2.66. The van der Waals surface area contributed by atoms with Crippen molar-refractivity contribution >= 4 is 56.5 Å². The molecule has 10 heteroatoms. The highest BCUT2D eigenvalue weighted by Gasteiger charge is 2.80. The number of rotatable bonds is 4. The molecule has 0 saturated carbocycles. The minimum Gasteiger partial charge on any atom is -0.194 e. The summed E-state index contributed by atoms with van der Waals surface area (Å²) in [6.07, 6.45) is 0. The fourth-order valence-corrected chi connectivity index (χ4v) is 7.22. The van der Waals surface area contributed by atoms with Gasteiger partial charge in [0, 0.05) is 32.0 Å². The van der Waals surface area contributed by atoms with Gasteiger partial charge in [-0.05, 0) is 45.8 Å². The lowest BCUT2D eigenvalue weighted by atomic mass is 9.95. The fraction of sp³-hybridized carbons (Fsp3) is 0.143. The molecule has 0 unspecified atom stereocenters. The summed E-state index contributed by atoms with van der Waals surface area (Å²) in [5.74, 6) is -15.7. The third-order valence-corrected chi connectivity index (χ3v) is 8.95. The molecule has 1 aliphatic rings. The highest BCUT2D eigenvalue weighted by molar-refractivity contribution is 7.21. The number of allylic oxidation sites excluding steroid dienone is 2. The van der Waals surface area contributed by atoms with E-state index in [-0.39, 0.29) is 20.9 Å². The Morgan fingerprint density at radius 2 is 0.935 bits per heavy atom. The minimum absolute atomic E-state index is 0.267. The van der Waals surface area contributed by atoms with E-state index in [9.17, 15) is 8.78 Å². The molecular weight excluding hydrogens is 494 g/mol. The Kier molecular flexibility index (Phi) is 4.78. The van der Waals surface area contributed by atoms with Crippen LogP contribution in [0.1, 0.15) is 11.1 Å². The third kappa shape index (κ3) is 2.84. The van der Waals surface area contributed by atoms with Crippen LogP contribution < -0.4 is 0 Å². The Morgan fingerprint density at radius 3 is 1.29 bits per heavy atom. The molecule has 0 N–H and O–H groups in total. The Labute approximate surface area is 188 Å². The average Bonchev–Trinajstić information content (AvgIpc) is 3.51. The lowest BCUT2D eigenvalue weighted by Gasteiger charge is -2.25. The quantitative estimate of drug-likeness (QED) is 0.243. The van der Waals surface area contributed by atoms with Crippen LogP contribution in [0, 0.1) is 0 Å². The van der Waals surface area contributed by atoms with Crippen LogP contribution in [0.4, 0.5) is 26.3 Å². The van der Waals surface area contributed by atoms with Gasteiger partial charge in [0.25, 0.3) is 0 Å². The summed E-state index contributed by atoms with van der Waals surface area (Å²) in [5, 5.41) is 6.32. The molecule has 0 amide bonds. The monoisotopic (exact) mass is 504 g/mol. The summed E-state index contributed by atoms with van der Waals surface area (Å²) in [7, 11) is 0. The molecule has 160 valence electrons. The molecule has 0 saturated heterocycles. The van der Waals surface area contributed by atoms with Crippen molar-refractivity contribution in [3.05, 3.63) is 69.0 Å². The zero-order chi connectivity index (χ0) is 22.0. The topological polar surface area (TPSA) is 0 Å². The van der Waals surface area contributed by atoms with Crippen LogP contribution in [0.25, 0.3) is 30.7 Å². The lowest BCUT2D eigenvalue weighted by molar-refractivity contribution is -0.254. The van der Waals surface area contributed by atoms with Crippen molar-refractivity contribution in [3.63, 3.8) is 0 Å². The van der Waals surface area contributed by atoms with E-state index in [2.05, 4.69) is 0 Å². The fourth-order valence-electron chi connectivity index (χ4n) is 3.64. The van der Waals surface area contributed by atoms with Crippen molar-refractivity contribution in [1.29, 1.82) is 0 Å². The molecule has 4 heterocycles. The molecule has 4 aromatic heterocycles. The molecule has 0 bridgehead atoms. The van der Waals surface area contributed by atoms with Crippen LogP contribution in [0.3, 0.4) is 0 Å². The van der Waals surface area contributed by atoms with Gasteiger partial charge in [-0.2, -0.15) is 26.3 Å². The molecule has 31 heavy (non-hydrogen) atoms. The van der Waals surface area contributed by atoms with Crippen LogP contribution in [-0.4, -0.2) is 17.8 Å². The van der Waals surface area contributed by atoms with E-state index in [1.807, 2.05) is 0 Å². The summed E-state index contributed by atoms with van der Waals surface area (Å²) in [5.41, 5.74) is -3.17. The molecule has 0 aromatic carbocycles. The maximum absolute atomic E-state index is 15.1. The van der Waals surface area contributed by atoms with E-state index >= 15 is 17.6 Å². The van der Waals surface area contributed by atoms with E-state index in [1.54, 1.807) is 35.0 Å². The molecule has 0 spiro atoms. The van der Waals surface area contributed by atoms with Gasteiger partial charge in [-0.3, -0.25) is 0 Å². The maximum atomic E-state index is 15.1. The van der Waals surface area contributed by atoms with Gasteiger partial charge in [0.15, 0.2) is 0 Å². The van der Waals surface area contributed by atoms with E-state index in [0.29, 0.717) is 9.75 Å². The van der Waals surface area contributed by atoms with Crippen molar-refractivity contribution in [2.45, 2.75) is 17.8 Å². The van der Waals surface area contributed by atoms with Gasteiger partial charge in [-0.15, -0.1) is 45.3 Å². The first-order valence-corrected chi connectivity index (χ1v) is 12.3. The molecule has 5 rings (SSSR count). The molecule has 0 nitrogen and oxygen atoms in total.